The molecule has 11 heavy (non-hydrogen) atoms. The highest BCUT2D eigenvalue weighted by Gasteiger charge is 1.92. The Hall–Kier alpha value is -1.22. The summed E-state index contributed by atoms with van der Waals surface area (Å²) in [7, 11) is 0. The standard InChI is InChI=1S/C7H8ClN3/c8-5-2-1-3-6(4-5)11-7(9)10/h1-4H,(H4,9,10,11)/p+1. The molecule has 0 aliphatic rings. The van der Waals surface area contributed by atoms with Crippen molar-refractivity contribution in [1.29, 1.82) is 0 Å². The lowest BCUT2D eigenvalue weighted by atomic mass is 10.3. The van der Waals surface area contributed by atoms with Gasteiger partial charge >= 0.3 is 5.96 Å². The van der Waals surface area contributed by atoms with Gasteiger partial charge in [0.1, 0.15) is 5.69 Å². The summed E-state index contributed by atoms with van der Waals surface area (Å²) in [5.41, 5.74) is 11.2. The first kappa shape index (κ1) is 7.88. The minimum Gasteiger partial charge on any atom is -0.291 e. The largest absolute Gasteiger partial charge is 0.343 e. The Labute approximate surface area is 69.7 Å². The number of nitrogens with one attached hydrogen (secondary N) is 1. The molecule has 3 nitrogen and oxygen atoms in total. The molecule has 0 atom stereocenters. The summed E-state index contributed by atoms with van der Waals surface area (Å²) >= 11 is 5.70. The van der Waals surface area contributed by atoms with Crippen LogP contribution in [0.1, 0.15) is 0 Å². The van der Waals surface area contributed by atoms with Gasteiger partial charge in [0, 0.05) is 5.02 Å². The molecule has 0 amide bonds. The van der Waals surface area contributed by atoms with Crippen molar-refractivity contribution in [2.24, 2.45) is 11.5 Å². The second-order valence-electron chi connectivity index (χ2n) is 2.09. The molecular formula is C7H9ClN3+. The topological polar surface area (TPSA) is 66.0 Å². The third kappa shape index (κ3) is 2.47. The van der Waals surface area contributed by atoms with Gasteiger partial charge in [-0.25, -0.2) is 4.99 Å². The van der Waals surface area contributed by atoms with Crippen molar-refractivity contribution < 1.29 is 4.99 Å². The van der Waals surface area contributed by atoms with Crippen LogP contribution in [0.5, 0.6) is 0 Å². The highest BCUT2D eigenvalue weighted by molar-refractivity contribution is 6.30. The molecule has 4 heteroatoms. The van der Waals surface area contributed by atoms with Gasteiger partial charge in [-0.15, -0.1) is 0 Å². The summed E-state index contributed by atoms with van der Waals surface area (Å²) < 4.78 is 0. The summed E-state index contributed by atoms with van der Waals surface area (Å²) in [5.74, 6) is 0.160. The van der Waals surface area contributed by atoms with Crippen molar-refractivity contribution in [2.45, 2.75) is 0 Å². The third-order valence-electron chi connectivity index (χ3n) is 1.11. The van der Waals surface area contributed by atoms with Crippen LogP contribution in [0.2, 0.25) is 5.02 Å². The molecule has 0 unspecified atom stereocenters. The van der Waals surface area contributed by atoms with Crippen LogP contribution in [-0.2, 0) is 0 Å². The summed E-state index contributed by atoms with van der Waals surface area (Å²) in [5, 5.41) is 0.649. The van der Waals surface area contributed by atoms with Crippen molar-refractivity contribution in [3.05, 3.63) is 29.3 Å². The van der Waals surface area contributed by atoms with Crippen molar-refractivity contribution in [1.82, 2.24) is 0 Å². The first-order valence-electron chi connectivity index (χ1n) is 3.09. The molecule has 1 aromatic carbocycles. The molecule has 0 saturated carbocycles. The van der Waals surface area contributed by atoms with Crippen molar-refractivity contribution in [3.63, 3.8) is 0 Å². The lowest BCUT2D eigenvalue weighted by Gasteiger charge is -1.91. The first-order valence-corrected chi connectivity index (χ1v) is 3.47. The molecule has 0 heterocycles. The van der Waals surface area contributed by atoms with Gasteiger partial charge in [0.05, 0.1) is 0 Å². The predicted octanol–water partition coefficient (Wildman–Crippen LogP) is -0.675. The van der Waals surface area contributed by atoms with Crippen molar-refractivity contribution >= 4 is 23.2 Å². The predicted molar refractivity (Wildman–Crippen MR) is 45.5 cm³/mol. The van der Waals surface area contributed by atoms with Crippen LogP contribution in [0.3, 0.4) is 0 Å². The van der Waals surface area contributed by atoms with E-state index in [4.69, 9.17) is 23.1 Å². The Bertz CT molecular complexity index is 279. The molecule has 5 N–H and O–H groups in total. The summed E-state index contributed by atoms with van der Waals surface area (Å²) in [6, 6.07) is 7.15. The van der Waals surface area contributed by atoms with Crippen LogP contribution in [0, 0.1) is 0 Å². The molecule has 1 aromatic rings. The van der Waals surface area contributed by atoms with Gasteiger partial charge in [0.15, 0.2) is 0 Å². The van der Waals surface area contributed by atoms with E-state index in [0.717, 1.165) is 5.69 Å². The number of nitrogens with two attached hydrogens (primary N) is 2. The van der Waals surface area contributed by atoms with Gasteiger partial charge in [0.2, 0.25) is 0 Å². The molecule has 0 radical (unpaired) electrons. The van der Waals surface area contributed by atoms with Gasteiger partial charge < -0.3 is 0 Å². The van der Waals surface area contributed by atoms with E-state index in [1.165, 1.54) is 0 Å². The molecular weight excluding hydrogens is 162 g/mol. The van der Waals surface area contributed by atoms with E-state index >= 15 is 0 Å². The molecule has 0 fully saturated rings. The zero-order valence-corrected chi connectivity index (χ0v) is 6.60. The van der Waals surface area contributed by atoms with E-state index in [1.54, 1.807) is 12.1 Å². The van der Waals surface area contributed by atoms with Gasteiger partial charge in [-0.1, -0.05) is 17.7 Å². The van der Waals surface area contributed by atoms with E-state index in [2.05, 4.69) is 4.99 Å². The molecule has 1 rings (SSSR count). The zero-order chi connectivity index (χ0) is 8.27. The Morgan fingerprint density at radius 3 is 2.64 bits per heavy atom. The number of rotatable bonds is 1. The van der Waals surface area contributed by atoms with Gasteiger partial charge in [-0.2, -0.15) is 0 Å². The quantitative estimate of drug-likeness (QED) is 0.387. The van der Waals surface area contributed by atoms with Crippen molar-refractivity contribution in [2.75, 3.05) is 0 Å². The zero-order valence-electron chi connectivity index (χ0n) is 5.84. The number of halogens is 1. The Kier molecular flexibility index (Phi) is 2.33. The average molecular weight is 171 g/mol. The summed E-state index contributed by atoms with van der Waals surface area (Å²) in [4.78, 5) is 2.73. The summed E-state index contributed by atoms with van der Waals surface area (Å²) in [6.45, 7) is 0. The Balaban J connectivity index is 2.97. The lowest BCUT2D eigenvalue weighted by molar-refractivity contribution is -0.356. The van der Waals surface area contributed by atoms with Gasteiger partial charge in [0.25, 0.3) is 0 Å². The van der Waals surface area contributed by atoms with E-state index < -0.39 is 0 Å². The van der Waals surface area contributed by atoms with Crippen molar-refractivity contribution in [3.8, 4) is 0 Å². The SMILES string of the molecule is NC(N)=[NH+]c1cccc(Cl)c1. The number of benzene rings is 1. The van der Waals surface area contributed by atoms with Crippen LogP contribution >= 0.6 is 11.6 Å². The molecule has 0 aliphatic carbocycles. The maximum atomic E-state index is 5.70. The lowest BCUT2D eigenvalue weighted by Crippen LogP contribution is -2.72. The van der Waals surface area contributed by atoms with Crippen LogP contribution in [0.25, 0.3) is 0 Å². The second kappa shape index (κ2) is 3.25. The Morgan fingerprint density at radius 1 is 1.36 bits per heavy atom. The fraction of sp³-hybridized carbons (Fsp3) is 0. The second-order valence-corrected chi connectivity index (χ2v) is 2.53. The van der Waals surface area contributed by atoms with Gasteiger partial charge in [-0.3, -0.25) is 11.5 Å². The fourth-order valence-corrected chi connectivity index (χ4v) is 0.923. The minimum atomic E-state index is 0.160. The molecule has 0 aromatic heterocycles. The number of hydrogen-bond donors (Lipinski definition) is 3. The fourth-order valence-electron chi connectivity index (χ4n) is 0.733. The highest BCUT2D eigenvalue weighted by Crippen LogP contribution is 2.09. The normalized spacial score (nSPS) is 9.18. The average Bonchev–Trinajstić information content (AvgIpc) is 1.85. The molecule has 0 saturated heterocycles. The molecule has 58 valence electrons. The van der Waals surface area contributed by atoms with E-state index in [-0.39, 0.29) is 5.96 Å². The maximum Gasteiger partial charge on any atom is 0.343 e. The minimum absolute atomic E-state index is 0.160. The van der Waals surface area contributed by atoms with E-state index in [9.17, 15) is 0 Å². The van der Waals surface area contributed by atoms with Crippen LogP contribution in [0.15, 0.2) is 24.3 Å². The summed E-state index contributed by atoms with van der Waals surface area (Å²) in [6.07, 6.45) is 0. The van der Waals surface area contributed by atoms with Crippen LogP contribution in [0.4, 0.5) is 5.69 Å². The first-order chi connectivity index (χ1) is 5.18. The molecule has 0 bridgehead atoms. The highest BCUT2D eigenvalue weighted by atomic mass is 35.5. The number of guanidine groups is 1. The molecule has 0 aliphatic heterocycles. The van der Waals surface area contributed by atoms with Crippen LogP contribution in [-0.4, -0.2) is 5.96 Å². The van der Waals surface area contributed by atoms with E-state index in [0.29, 0.717) is 5.02 Å². The number of hydrogen-bond acceptors (Lipinski definition) is 0. The monoisotopic (exact) mass is 170 g/mol. The maximum absolute atomic E-state index is 5.70. The third-order valence-corrected chi connectivity index (χ3v) is 1.35. The molecule has 0 spiro atoms. The van der Waals surface area contributed by atoms with E-state index in [1.807, 2.05) is 12.1 Å². The van der Waals surface area contributed by atoms with Crippen LogP contribution < -0.4 is 16.5 Å². The van der Waals surface area contributed by atoms with Gasteiger partial charge in [-0.05, 0) is 18.2 Å². The Morgan fingerprint density at radius 2 is 2.09 bits per heavy atom. The smallest absolute Gasteiger partial charge is 0.291 e.